The zero-order valence-electron chi connectivity index (χ0n) is 17.8. The maximum absolute atomic E-state index is 13.0. The molecular formula is C24H26ClNO5. The summed E-state index contributed by atoms with van der Waals surface area (Å²) in [5, 5.41) is 11.5. The molecule has 0 spiro atoms. The molecule has 2 aromatic carbocycles. The Morgan fingerprint density at radius 3 is 2.52 bits per heavy atom. The molecule has 1 fully saturated rings. The summed E-state index contributed by atoms with van der Waals surface area (Å²) in [4.78, 5) is 27.4. The van der Waals surface area contributed by atoms with Crippen molar-refractivity contribution in [3.8, 4) is 5.75 Å². The molecule has 7 heteroatoms. The Labute approximate surface area is 187 Å². The van der Waals surface area contributed by atoms with Gasteiger partial charge in [0.2, 0.25) is 0 Å². The van der Waals surface area contributed by atoms with Crippen molar-refractivity contribution in [3.63, 3.8) is 0 Å². The summed E-state index contributed by atoms with van der Waals surface area (Å²) < 4.78 is 10.9. The quantitative estimate of drug-likeness (QED) is 0.279. The largest absolute Gasteiger partial charge is 0.507 e. The summed E-state index contributed by atoms with van der Waals surface area (Å²) in [7, 11) is 1.46. The Morgan fingerprint density at radius 2 is 1.87 bits per heavy atom. The second kappa shape index (κ2) is 9.98. The Morgan fingerprint density at radius 1 is 1.16 bits per heavy atom. The first kappa shape index (κ1) is 22.8. The smallest absolute Gasteiger partial charge is 0.295 e. The average molecular weight is 444 g/mol. The van der Waals surface area contributed by atoms with E-state index in [0.29, 0.717) is 30.3 Å². The molecule has 31 heavy (non-hydrogen) atoms. The number of methoxy groups -OCH3 is 1. The zero-order chi connectivity index (χ0) is 22.5. The fourth-order valence-electron chi connectivity index (χ4n) is 3.66. The number of carbonyl (C=O) groups excluding carboxylic acids is 2. The van der Waals surface area contributed by atoms with E-state index in [1.807, 2.05) is 44.2 Å². The van der Waals surface area contributed by atoms with Gasteiger partial charge in [0.25, 0.3) is 11.7 Å². The molecular weight excluding hydrogens is 418 g/mol. The number of nitrogens with zero attached hydrogens (tertiary/aromatic N) is 1. The summed E-state index contributed by atoms with van der Waals surface area (Å²) in [5.74, 6) is -1.35. The maximum atomic E-state index is 13.0. The minimum atomic E-state index is -0.738. The van der Waals surface area contributed by atoms with Crippen molar-refractivity contribution in [3.05, 3.63) is 70.3 Å². The summed E-state index contributed by atoms with van der Waals surface area (Å²) in [6.45, 7) is 4.66. The molecule has 1 aliphatic rings. The minimum Gasteiger partial charge on any atom is -0.507 e. The minimum absolute atomic E-state index is 0.0153. The normalized spacial score (nSPS) is 18.1. The van der Waals surface area contributed by atoms with Crippen molar-refractivity contribution in [1.82, 2.24) is 4.90 Å². The highest BCUT2D eigenvalue weighted by Gasteiger charge is 2.46. The van der Waals surface area contributed by atoms with Crippen molar-refractivity contribution >= 4 is 29.1 Å². The predicted molar refractivity (Wildman–Crippen MR) is 119 cm³/mol. The van der Waals surface area contributed by atoms with Gasteiger partial charge in [-0.3, -0.25) is 9.59 Å². The number of hydrogen-bond acceptors (Lipinski definition) is 5. The van der Waals surface area contributed by atoms with Crippen LogP contribution in [0.25, 0.3) is 5.76 Å². The van der Waals surface area contributed by atoms with E-state index in [1.54, 1.807) is 12.1 Å². The second-order valence-corrected chi connectivity index (χ2v) is 7.96. The number of ether oxygens (including phenoxy) is 2. The van der Waals surface area contributed by atoms with Gasteiger partial charge in [-0.25, -0.2) is 0 Å². The number of amides is 1. The summed E-state index contributed by atoms with van der Waals surface area (Å²) >= 11 is 6.12. The van der Waals surface area contributed by atoms with Gasteiger partial charge in [0.15, 0.2) is 0 Å². The van der Waals surface area contributed by atoms with Crippen LogP contribution in [0.5, 0.6) is 5.75 Å². The maximum Gasteiger partial charge on any atom is 0.295 e. The van der Waals surface area contributed by atoms with Crippen LogP contribution in [0.1, 0.15) is 37.4 Å². The van der Waals surface area contributed by atoms with E-state index in [1.165, 1.54) is 18.1 Å². The van der Waals surface area contributed by atoms with Gasteiger partial charge in [-0.15, -0.1) is 0 Å². The van der Waals surface area contributed by atoms with Crippen molar-refractivity contribution in [2.45, 2.75) is 32.4 Å². The van der Waals surface area contributed by atoms with Crippen LogP contribution in [-0.2, 0) is 14.3 Å². The fourth-order valence-corrected chi connectivity index (χ4v) is 3.83. The molecule has 1 atom stereocenters. The highest BCUT2D eigenvalue weighted by Crippen LogP contribution is 2.41. The lowest BCUT2D eigenvalue weighted by Crippen LogP contribution is -2.31. The molecule has 164 valence electrons. The van der Waals surface area contributed by atoms with Crippen molar-refractivity contribution < 1.29 is 24.2 Å². The molecule has 2 aromatic rings. The van der Waals surface area contributed by atoms with Gasteiger partial charge in [0, 0.05) is 18.2 Å². The number of halogens is 1. The molecule has 1 N–H and O–H groups in total. The van der Waals surface area contributed by atoms with Crippen LogP contribution in [0.15, 0.2) is 54.1 Å². The van der Waals surface area contributed by atoms with Crippen LogP contribution in [-0.4, -0.2) is 48.1 Å². The van der Waals surface area contributed by atoms with Crippen molar-refractivity contribution in [2.24, 2.45) is 0 Å². The number of Topliss-reactive ketones (excluding diaryl/α,β-unsaturated/α-hetero) is 1. The van der Waals surface area contributed by atoms with E-state index >= 15 is 0 Å². The van der Waals surface area contributed by atoms with Crippen LogP contribution in [0.4, 0.5) is 0 Å². The van der Waals surface area contributed by atoms with Crippen LogP contribution < -0.4 is 4.74 Å². The highest BCUT2D eigenvalue weighted by atomic mass is 35.5. The first-order chi connectivity index (χ1) is 14.8. The first-order valence-corrected chi connectivity index (χ1v) is 10.5. The number of carbonyl (C=O) groups is 2. The summed E-state index contributed by atoms with van der Waals surface area (Å²) in [5.41, 5.74) is 1.01. The zero-order valence-corrected chi connectivity index (χ0v) is 18.6. The monoisotopic (exact) mass is 443 g/mol. The molecule has 0 bridgehead atoms. The summed E-state index contributed by atoms with van der Waals surface area (Å²) in [6, 6.07) is 13.2. The van der Waals surface area contributed by atoms with Gasteiger partial charge in [-0.05, 0) is 44.0 Å². The lowest BCUT2D eigenvalue weighted by molar-refractivity contribution is -0.140. The lowest BCUT2D eigenvalue weighted by Gasteiger charge is -2.25. The first-order valence-electron chi connectivity index (χ1n) is 10.1. The third-order valence-corrected chi connectivity index (χ3v) is 5.30. The molecule has 0 aromatic heterocycles. The standard InChI is InChI=1S/C24H26ClNO5/c1-15(2)31-13-7-12-26-21(16-8-5-4-6-9-16)20(23(28)24(26)29)22(27)18-14-17(25)10-11-19(18)30-3/h4-6,8-11,14-15,21,27H,7,12-13H2,1-3H3/b22-20+. The molecule has 1 amide bonds. The second-order valence-electron chi connectivity index (χ2n) is 7.52. The molecule has 1 heterocycles. The van der Waals surface area contributed by atoms with E-state index in [2.05, 4.69) is 0 Å². The molecule has 0 radical (unpaired) electrons. The Balaban J connectivity index is 2.07. The third kappa shape index (κ3) is 4.92. The number of hydrogen-bond donors (Lipinski definition) is 1. The highest BCUT2D eigenvalue weighted by molar-refractivity contribution is 6.46. The van der Waals surface area contributed by atoms with Crippen molar-refractivity contribution in [2.75, 3.05) is 20.3 Å². The number of aliphatic hydroxyl groups is 1. The fraction of sp³-hybridized carbons (Fsp3) is 0.333. The van der Waals surface area contributed by atoms with Crippen LogP contribution >= 0.6 is 11.6 Å². The lowest BCUT2D eigenvalue weighted by atomic mass is 9.95. The van der Waals surface area contributed by atoms with Gasteiger partial charge >= 0.3 is 0 Å². The molecule has 3 rings (SSSR count). The van der Waals surface area contributed by atoms with Crippen LogP contribution in [0, 0.1) is 0 Å². The number of aliphatic hydroxyl groups excluding tert-OH is 1. The van der Waals surface area contributed by atoms with Gasteiger partial charge in [0.05, 0.1) is 30.4 Å². The molecule has 0 aliphatic carbocycles. The molecule has 1 saturated heterocycles. The van der Waals surface area contributed by atoms with E-state index in [0.717, 1.165) is 5.56 Å². The van der Waals surface area contributed by atoms with Crippen molar-refractivity contribution in [1.29, 1.82) is 0 Å². The number of benzene rings is 2. The van der Waals surface area contributed by atoms with E-state index < -0.39 is 17.7 Å². The summed E-state index contributed by atoms with van der Waals surface area (Å²) in [6.07, 6.45) is 0.644. The van der Waals surface area contributed by atoms with Crippen LogP contribution in [0.2, 0.25) is 5.02 Å². The van der Waals surface area contributed by atoms with Gasteiger partial charge in [0.1, 0.15) is 11.5 Å². The van der Waals surface area contributed by atoms with Gasteiger partial charge < -0.3 is 19.5 Å². The Hall–Kier alpha value is -2.83. The van der Waals surface area contributed by atoms with Gasteiger partial charge in [-0.2, -0.15) is 0 Å². The third-order valence-electron chi connectivity index (χ3n) is 5.07. The van der Waals surface area contributed by atoms with Crippen LogP contribution in [0.3, 0.4) is 0 Å². The Kier molecular flexibility index (Phi) is 7.36. The van der Waals surface area contributed by atoms with E-state index in [4.69, 9.17) is 21.1 Å². The topological polar surface area (TPSA) is 76.1 Å². The molecule has 0 saturated carbocycles. The van der Waals surface area contributed by atoms with Gasteiger partial charge in [-0.1, -0.05) is 41.9 Å². The van der Waals surface area contributed by atoms with E-state index in [9.17, 15) is 14.7 Å². The number of likely N-dealkylation sites (tertiary alicyclic amines) is 1. The molecule has 6 nitrogen and oxygen atoms in total. The Bertz CT molecular complexity index is 987. The number of ketones is 1. The average Bonchev–Trinajstić information content (AvgIpc) is 3.01. The SMILES string of the molecule is COc1ccc(Cl)cc1/C(O)=C1\C(=O)C(=O)N(CCCOC(C)C)C1c1ccccc1. The molecule has 1 aliphatic heterocycles. The predicted octanol–water partition coefficient (Wildman–Crippen LogP) is 4.59. The van der Waals surface area contributed by atoms with E-state index in [-0.39, 0.29) is 23.0 Å². The number of rotatable bonds is 8. The molecule has 1 unspecified atom stereocenters.